The summed E-state index contributed by atoms with van der Waals surface area (Å²) >= 11 is 3.49. The first kappa shape index (κ1) is 13.3. The molecule has 1 amide bonds. The van der Waals surface area contributed by atoms with Crippen LogP contribution in [0.25, 0.3) is 10.8 Å². The van der Waals surface area contributed by atoms with Gasteiger partial charge >= 0.3 is 6.09 Å². The summed E-state index contributed by atoms with van der Waals surface area (Å²) in [7, 11) is 0. The van der Waals surface area contributed by atoms with E-state index < -0.39 is 6.09 Å². The summed E-state index contributed by atoms with van der Waals surface area (Å²) in [4.78, 5) is 11.9. The zero-order valence-electron chi connectivity index (χ0n) is 11.5. The minimum absolute atomic E-state index is 0.222. The van der Waals surface area contributed by atoms with E-state index in [9.17, 15) is 4.79 Å². The average Bonchev–Trinajstić information content (AvgIpc) is 2.53. The van der Waals surface area contributed by atoms with Crippen molar-refractivity contribution in [2.75, 3.05) is 0 Å². The number of halogens is 1. The molecular formula is C18H12BrNO2. The van der Waals surface area contributed by atoms with E-state index in [2.05, 4.69) is 33.4 Å². The second-order valence-electron chi connectivity index (χ2n) is 5.22. The first-order valence-corrected chi connectivity index (χ1v) is 7.77. The van der Waals surface area contributed by atoms with Crippen molar-refractivity contribution in [1.82, 2.24) is 5.32 Å². The third kappa shape index (κ3) is 2.16. The van der Waals surface area contributed by atoms with E-state index in [1.165, 1.54) is 0 Å². The molecule has 1 atom stereocenters. The van der Waals surface area contributed by atoms with E-state index in [0.717, 1.165) is 26.4 Å². The van der Waals surface area contributed by atoms with Gasteiger partial charge in [-0.15, -0.1) is 0 Å². The van der Waals surface area contributed by atoms with Crippen LogP contribution in [0.1, 0.15) is 17.2 Å². The van der Waals surface area contributed by atoms with Gasteiger partial charge in [-0.3, -0.25) is 0 Å². The van der Waals surface area contributed by atoms with Crippen LogP contribution < -0.4 is 10.1 Å². The van der Waals surface area contributed by atoms with Crippen LogP contribution in [0.3, 0.4) is 0 Å². The second-order valence-corrected chi connectivity index (χ2v) is 6.14. The van der Waals surface area contributed by atoms with Crippen molar-refractivity contribution in [1.29, 1.82) is 0 Å². The summed E-state index contributed by atoms with van der Waals surface area (Å²) in [5.41, 5.74) is 2.01. The standard InChI is InChI=1S/C18H12BrNO2/c19-13-6-3-5-12(10-13)17-16-14-7-2-1-4-11(14)8-9-15(16)22-18(21)20-17/h1-10,17H,(H,20,21). The minimum atomic E-state index is -0.423. The van der Waals surface area contributed by atoms with Crippen molar-refractivity contribution in [2.24, 2.45) is 0 Å². The molecule has 1 unspecified atom stereocenters. The van der Waals surface area contributed by atoms with Crippen LogP contribution in [0.15, 0.2) is 65.1 Å². The van der Waals surface area contributed by atoms with Crippen LogP contribution in [-0.2, 0) is 0 Å². The number of hydrogen-bond acceptors (Lipinski definition) is 2. The molecule has 108 valence electrons. The van der Waals surface area contributed by atoms with E-state index in [4.69, 9.17) is 4.74 Å². The molecule has 0 saturated heterocycles. The second kappa shape index (κ2) is 5.14. The molecule has 1 heterocycles. The molecule has 3 nitrogen and oxygen atoms in total. The lowest BCUT2D eigenvalue weighted by Crippen LogP contribution is -2.36. The van der Waals surface area contributed by atoms with E-state index in [0.29, 0.717) is 5.75 Å². The van der Waals surface area contributed by atoms with E-state index >= 15 is 0 Å². The summed E-state index contributed by atoms with van der Waals surface area (Å²) in [6.07, 6.45) is -0.423. The van der Waals surface area contributed by atoms with E-state index in [-0.39, 0.29) is 6.04 Å². The Morgan fingerprint density at radius 2 is 1.86 bits per heavy atom. The van der Waals surface area contributed by atoms with Crippen molar-refractivity contribution >= 4 is 32.8 Å². The van der Waals surface area contributed by atoms with Crippen molar-refractivity contribution in [3.63, 3.8) is 0 Å². The normalized spacial score (nSPS) is 16.8. The molecule has 3 aromatic carbocycles. The molecule has 0 spiro atoms. The van der Waals surface area contributed by atoms with Gasteiger partial charge in [-0.25, -0.2) is 4.79 Å². The Morgan fingerprint density at radius 3 is 2.73 bits per heavy atom. The van der Waals surface area contributed by atoms with E-state index in [1.54, 1.807) is 0 Å². The monoisotopic (exact) mass is 353 g/mol. The molecule has 0 aromatic heterocycles. The fourth-order valence-corrected chi connectivity index (χ4v) is 3.33. The van der Waals surface area contributed by atoms with Gasteiger partial charge in [0.2, 0.25) is 0 Å². The lowest BCUT2D eigenvalue weighted by atomic mass is 9.92. The van der Waals surface area contributed by atoms with Crippen LogP contribution in [0.4, 0.5) is 4.79 Å². The Morgan fingerprint density at radius 1 is 1.00 bits per heavy atom. The van der Waals surface area contributed by atoms with Crippen molar-refractivity contribution < 1.29 is 9.53 Å². The van der Waals surface area contributed by atoms with Gasteiger partial charge in [0.25, 0.3) is 0 Å². The molecular weight excluding hydrogens is 342 g/mol. The van der Waals surface area contributed by atoms with Gasteiger partial charge in [0, 0.05) is 10.0 Å². The van der Waals surface area contributed by atoms with Crippen LogP contribution >= 0.6 is 15.9 Å². The first-order chi connectivity index (χ1) is 10.7. The Hall–Kier alpha value is -2.33. The number of amides is 1. The van der Waals surface area contributed by atoms with E-state index in [1.807, 2.05) is 48.5 Å². The fraction of sp³-hybridized carbons (Fsp3) is 0.0556. The molecule has 0 aliphatic carbocycles. The Balaban J connectivity index is 1.99. The van der Waals surface area contributed by atoms with Gasteiger partial charge < -0.3 is 10.1 Å². The van der Waals surface area contributed by atoms with Gasteiger partial charge in [0.1, 0.15) is 5.75 Å². The molecule has 0 bridgehead atoms. The highest BCUT2D eigenvalue weighted by Crippen LogP contribution is 2.39. The predicted molar refractivity (Wildman–Crippen MR) is 89.1 cm³/mol. The van der Waals surface area contributed by atoms with Crippen molar-refractivity contribution in [3.05, 3.63) is 76.3 Å². The Kier molecular flexibility index (Phi) is 3.12. The van der Waals surface area contributed by atoms with Gasteiger partial charge in [0.05, 0.1) is 6.04 Å². The molecule has 4 heteroatoms. The predicted octanol–water partition coefficient (Wildman–Crippen LogP) is 4.79. The summed E-state index contributed by atoms with van der Waals surface area (Å²) in [6.45, 7) is 0. The van der Waals surface area contributed by atoms with Crippen LogP contribution in [-0.4, -0.2) is 6.09 Å². The Labute approximate surface area is 136 Å². The lowest BCUT2D eigenvalue weighted by molar-refractivity contribution is 0.191. The van der Waals surface area contributed by atoms with Gasteiger partial charge in [-0.05, 0) is 34.5 Å². The quantitative estimate of drug-likeness (QED) is 0.682. The van der Waals surface area contributed by atoms with Crippen molar-refractivity contribution in [3.8, 4) is 5.75 Å². The average molecular weight is 354 g/mol. The first-order valence-electron chi connectivity index (χ1n) is 6.98. The summed E-state index contributed by atoms with van der Waals surface area (Å²) in [5, 5.41) is 5.14. The lowest BCUT2D eigenvalue weighted by Gasteiger charge is -2.28. The maximum atomic E-state index is 11.9. The summed E-state index contributed by atoms with van der Waals surface area (Å²) in [5.74, 6) is 0.618. The van der Waals surface area contributed by atoms with Crippen LogP contribution in [0, 0.1) is 0 Å². The van der Waals surface area contributed by atoms with Crippen molar-refractivity contribution in [2.45, 2.75) is 6.04 Å². The van der Waals surface area contributed by atoms with Crippen LogP contribution in [0.5, 0.6) is 5.75 Å². The molecule has 1 aliphatic heterocycles. The molecule has 3 aromatic rings. The van der Waals surface area contributed by atoms with Gasteiger partial charge in [0.15, 0.2) is 0 Å². The maximum Gasteiger partial charge on any atom is 0.413 e. The zero-order valence-corrected chi connectivity index (χ0v) is 13.1. The molecule has 0 radical (unpaired) electrons. The summed E-state index contributed by atoms with van der Waals surface area (Å²) in [6, 6.07) is 19.7. The zero-order chi connectivity index (χ0) is 15.1. The molecule has 1 N–H and O–H groups in total. The van der Waals surface area contributed by atoms with Gasteiger partial charge in [-0.2, -0.15) is 0 Å². The smallest absolute Gasteiger partial charge is 0.410 e. The summed E-state index contributed by atoms with van der Waals surface area (Å²) < 4.78 is 6.34. The number of nitrogens with one attached hydrogen (secondary N) is 1. The Bertz CT molecular complexity index is 891. The minimum Gasteiger partial charge on any atom is -0.410 e. The third-order valence-corrected chi connectivity index (χ3v) is 4.36. The molecule has 22 heavy (non-hydrogen) atoms. The maximum absolute atomic E-state index is 11.9. The molecule has 4 rings (SSSR count). The SMILES string of the molecule is O=C1NC(c2cccc(Br)c2)c2c(ccc3ccccc23)O1. The number of benzene rings is 3. The largest absolute Gasteiger partial charge is 0.413 e. The molecule has 0 saturated carbocycles. The number of fused-ring (bicyclic) bond motifs is 3. The van der Waals surface area contributed by atoms with Gasteiger partial charge in [-0.1, -0.05) is 58.4 Å². The number of carbonyl (C=O) groups is 1. The molecule has 1 aliphatic rings. The number of ether oxygens (including phenoxy) is 1. The third-order valence-electron chi connectivity index (χ3n) is 3.87. The highest BCUT2D eigenvalue weighted by molar-refractivity contribution is 9.10. The number of hydrogen-bond donors (Lipinski definition) is 1. The highest BCUT2D eigenvalue weighted by atomic mass is 79.9. The topological polar surface area (TPSA) is 38.3 Å². The fourth-order valence-electron chi connectivity index (χ4n) is 2.92. The van der Waals surface area contributed by atoms with Crippen LogP contribution in [0.2, 0.25) is 0 Å². The highest BCUT2D eigenvalue weighted by Gasteiger charge is 2.29. The number of carbonyl (C=O) groups excluding carboxylic acids is 1. The number of rotatable bonds is 1. The molecule has 0 fully saturated rings.